The van der Waals surface area contributed by atoms with E-state index in [0.29, 0.717) is 26.2 Å². The summed E-state index contributed by atoms with van der Waals surface area (Å²) in [5, 5.41) is 9.48. The normalized spacial score (nSPS) is 22.2. The van der Waals surface area contributed by atoms with Crippen molar-refractivity contribution in [3.8, 4) is 0 Å². The van der Waals surface area contributed by atoms with E-state index in [2.05, 4.69) is 6.58 Å². The van der Waals surface area contributed by atoms with Crippen LogP contribution in [0.3, 0.4) is 0 Å². The van der Waals surface area contributed by atoms with Gasteiger partial charge in [0.15, 0.2) is 0 Å². The highest BCUT2D eigenvalue weighted by Crippen LogP contribution is 2.25. The summed E-state index contributed by atoms with van der Waals surface area (Å²) in [6.45, 7) is 5.12. The third kappa shape index (κ3) is 3.46. The zero-order valence-corrected chi connectivity index (χ0v) is 11.6. The van der Waals surface area contributed by atoms with E-state index in [0.717, 1.165) is 5.56 Å². The molecular weight excluding hydrogens is 254 g/mol. The Hall–Kier alpha value is -1.65. The number of hydrogen-bond acceptors (Lipinski definition) is 3. The molecule has 1 N–H and O–H groups in total. The number of carbonyl (C=O) groups is 1. The molecular formula is C16H21NO3. The fourth-order valence-electron chi connectivity index (χ4n) is 2.61. The summed E-state index contributed by atoms with van der Waals surface area (Å²) < 4.78 is 5.69. The lowest BCUT2D eigenvalue weighted by molar-refractivity contribution is -0.128. The average molecular weight is 275 g/mol. The van der Waals surface area contributed by atoms with Crippen LogP contribution in [-0.4, -0.2) is 41.7 Å². The highest BCUT2D eigenvalue weighted by Gasteiger charge is 2.38. The van der Waals surface area contributed by atoms with Gasteiger partial charge in [-0.2, -0.15) is 0 Å². The summed E-state index contributed by atoms with van der Waals surface area (Å²) in [5.41, 5.74) is 1.11. The summed E-state index contributed by atoms with van der Waals surface area (Å²) in [7, 11) is 0. The van der Waals surface area contributed by atoms with Gasteiger partial charge in [0.25, 0.3) is 0 Å². The number of rotatable bonds is 7. The van der Waals surface area contributed by atoms with Crippen molar-refractivity contribution in [3.05, 3.63) is 48.6 Å². The first kappa shape index (κ1) is 14.8. The second-order valence-corrected chi connectivity index (χ2v) is 5.05. The van der Waals surface area contributed by atoms with E-state index in [9.17, 15) is 9.90 Å². The maximum absolute atomic E-state index is 11.9. The van der Waals surface area contributed by atoms with E-state index in [1.165, 1.54) is 0 Å². The number of likely N-dealkylation sites (tertiary alicyclic amines) is 1. The Morgan fingerprint density at radius 1 is 1.40 bits per heavy atom. The summed E-state index contributed by atoms with van der Waals surface area (Å²) in [6.07, 6.45) is 2.13. The van der Waals surface area contributed by atoms with Crippen LogP contribution in [0.1, 0.15) is 12.0 Å². The van der Waals surface area contributed by atoms with Gasteiger partial charge in [0, 0.05) is 18.9 Å². The molecule has 1 saturated heterocycles. The smallest absolute Gasteiger partial charge is 0.223 e. The fourth-order valence-corrected chi connectivity index (χ4v) is 2.61. The van der Waals surface area contributed by atoms with Crippen molar-refractivity contribution in [2.24, 2.45) is 5.92 Å². The van der Waals surface area contributed by atoms with Gasteiger partial charge in [-0.15, -0.1) is 6.58 Å². The molecule has 1 aliphatic rings. The van der Waals surface area contributed by atoms with Crippen LogP contribution in [0.4, 0.5) is 0 Å². The molecule has 0 radical (unpaired) electrons. The molecule has 108 valence electrons. The van der Waals surface area contributed by atoms with E-state index < -0.39 is 0 Å². The van der Waals surface area contributed by atoms with Gasteiger partial charge in [-0.3, -0.25) is 4.79 Å². The Bertz CT molecular complexity index is 446. The summed E-state index contributed by atoms with van der Waals surface area (Å²) in [5.74, 6) is 0.119. The highest BCUT2D eigenvalue weighted by atomic mass is 16.5. The molecule has 0 saturated carbocycles. The topological polar surface area (TPSA) is 49.8 Å². The van der Waals surface area contributed by atoms with E-state index in [1.54, 1.807) is 11.0 Å². The molecule has 1 heterocycles. The number of hydrogen-bond donors (Lipinski definition) is 1. The van der Waals surface area contributed by atoms with Crippen molar-refractivity contribution in [1.29, 1.82) is 0 Å². The molecule has 1 amide bonds. The third-order valence-electron chi connectivity index (χ3n) is 3.66. The molecule has 1 aromatic carbocycles. The van der Waals surface area contributed by atoms with Crippen LogP contribution >= 0.6 is 0 Å². The summed E-state index contributed by atoms with van der Waals surface area (Å²) in [4.78, 5) is 13.6. The quantitative estimate of drug-likeness (QED) is 0.769. The van der Waals surface area contributed by atoms with Gasteiger partial charge in [-0.1, -0.05) is 36.4 Å². The lowest BCUT2D eigenvalue weighted by atomic mass is 10.0. The number of aliphatic hydroxyl groups is 1. The molecule has 0 unspecified atom stereocenters. The monoisotopic (exact) mass is 275 g/mol. The van der Waals surface area contributed by atoms with Crippen molar-refractivity contribution < 1.29 is 14.6 Å². The van der Waals surface area contributed by atoms with Crippen LogP contribution in [0.25, 0.3) is 0 Å². The molecule has 0 aliphatic carbocycles. The first-order valence-corrected chi connectivity index (χ1v) is 6.89. The van der Waals surface area contributed by atoms with Gasteiger partial charge < -0.3 is 14.7 Å². The summed E-state index contributed by atoms with van der Waals surface area (Å²) in [6, 6.07) is 9.77. The molecule has 1 aromatic rings. The lowest BCUT2D eigenvalue weighted by Gasteiger charge is -2.25. The molecule has 20 heavy (non-hydrogen) atoms. The lowest BCUT2D eigenvalue weighted by Crippen LogP contribution is -2.39. The number of carbonyl (C=O) groups excluding carboxylic acids is 1. The van der Waals surface area contributed by atoms with Gasteiger partial charge in [0.05, 0.1) is 25.9 Å². The molecule has 1 aliphatic heterocycles. The van der Waals surface area contributed by atoms with E-state index in [4.69, 9.17) is 4.74 Å². The zero-order chi connectivity index (χ0) is 14.4. The maximum Gasteiger partial charge on any atom is 0.223 e. The minimum absolute atomic E-state index is 0.0288. The van der Waals surface area contributed by atoms with Gasteiger partial charge in [0.1, 0.15) is 0 Å². The number of benzene rings is 1. The molecule has 0 bridgehead atoms. The first-order valence-electron chi connectivity index (χ1n) is 6.89. The van der Waals surface area contributed by atoms with Crippen molar-refractivity contribution >= 4 is 5.91 Å². The number of amides is 1. The highest BCUT2D eigenvalue weighted by molar-refractivity contribution is 5.79. The molecule has 2 rings (SSSR count). The SMILES string of the molecule is C=CCN1C(=O)C[C@@H](COCc2ccccc2)[C@@H]1CO. The van der Waals surface area contributed by atoms with E-state index >= 15 is 0 Å². The largest absolute Gasteiger partial charge is 0.394 e. The van der Waals surface area contributed by atoms with Crippen molar-refractivity contribution in [1.82, 2.24) is 4.90 Å². The predicted octanol–water partition coefficient (Wildman–Crippen LogP) is 1.60. The minimum Gasteiger partial charge on any atom is -0.394 e. The van der Waals surface area contributed by atoms with Crippen LogP contribution in [0, 0.1) is 5.92 Å². The van der Waals surface area contributed by atoms with E-state index in [-0.39, 0.29) is 24.5 Å². The van der Waals surface area contributed by atoms with Gasteiger partial charge in [-0.05, 0) is 5.56 Å². The Morgan fingerprint density at radius 3 is 2.80 bits per heavy atom. The predicted molar refractivity (Wildman–Crippen MR) is 77.0 cm³/mol. The van der Waals surface area contributed by atoms with Crippen LogP contribution < -0.4 is 0 Å². The van der Waals surface area contributed by atoms with Gasteiger partial charge in [-0.25, -0.2) is 0 Å². The van der Waals surface area contributed by atoms with Crippen molar-refractivity contribution in [3.63, 3.8) is 0 Å². The average Bonchev–Trinajstić information content (AvgIpc) is 2.76. The first-order chi connectivity index (χ1) is 9.76. The van der Waals surface area contributed by atoms with Crippen LogP contribution in [0.15, 0.2) is 43.0 Å². The second-order valence-electron chi connectivity index (χ2n) is 5.05. The molecule has 2 atom stereocenters. The summed E-state index contributed by atoms with van der Waals surface area (Å²) >= 11 is 0. The fraction of sp³-hybridized carbons (Fsp3) is 0.438. The molecule has 4 heteroatoms. The molecule has 0 aromatic heterocycles. The minimum atomic E-state index is -0.156. The van der Waals surface area contributed by atoms with Gasteiger partial charge >= 0.3 is 0 Å². The van der Waals surface area contributed by atoms with Crippen LogP contribution in [-0.2, 0) is 16.1 Å². The molecule has 0 spiro atoms. The Balaban J connectivity index is 1.86. The molecule has 1 fully saturated rings. The van der Waals surface area contributed by atoms with Crippen LogP contribution in [0.2, 0.25) is 0 Å². The zero-order valence-electron chi connectivity index (χ0n) is 11.6. The standard InChI is InChI=1S/C16H21NO3/c1-2-8-17-15(10-18)14(9-16(17)19)12-20-11-13-6-4-3-5-7-13/h2-7,14-15,18H,1,8-12H2/t14-,15-/m0/s1. The Labute approximate surface area is 119 Å². The third-order valence-corrected chi connectivity index (χ3v) is 3.66. The number of aliphatic hydroxyl groups excluding tert-OH is 1. The van der Waals surface area contributed by atoms with Crippen LogP contribution in [0.5, 0.6) is 0 Å². The maximum atomic E-state index is 11.9. The number of nitrogens with zero attached hydrogens (tertiary/aromatic N) is 1. The van der Waals surface area contributed by atoms with E-state index in [1.807, 2.05) is 30.3 Å². The Morgan fingerprint density at radius 2 is 2.15 bits per heavy atom. The van der Waals surface area contributed by atoms with Gasteiger partial charge in [0.2, 0.25) is 5.91 Å². The molecule has 4 nitrogen and oxygen atoms in total. The van der Waals surface area contributed by atoms with Crippen molar-refractivity contribution in [2.75, 3.05) is 19.8 Å². The second kappa shape index (κ2) is 7.22. The Kier molecular flexibility index (Phi) is 5.32. The number of ether oxygens (including phenoxy) is 1. The van der Waals surface area contributed by atoms with Crippen molar-refractivity contribution in [2.45, 2.75) is 19.1 Å².